The number of aliphatic hydroxyl groups excluding tert-OH is 3. The summed E-state index contributed by atoms with van der Waals surface area (Å²) in [5.74, 6) is -0.660. The number of carboxylic acid groups (broad SMARTS) is 1. The number of aliphatic carboxylic acids is 1. The molecular formula is C19H26O5. The minimum Gasteiger partial charge on any atom is -0.481 e. The van der Waals surface area contributed by atoms with Crippen LogP contribution in [-0.2, 0) is 11.2 Å². The van der Waals surface area contributed by atoms with E-state index >= 15 is 0 Å². The van der Waals surface area contributed by atoms with Crippen molar-refractivity contribution in [1.29, 1.82) is 0 Å². The van der Waals surface area contributed by atoms with Gasteiger partial charge in [0, 0.05) is 6.42 Å². The lowest BCUT2D eigenvalue weighted by Gasteiger charge is -2.28. The number of benzene rings is 1. The first-order valence-electron chi connectivity index (χ1n) is 8.34. The summed E-state index contributed by atoms with van der Waals surface area (Å²) < 4.78 is 0. The maximum Gasteiger partial charge on any atom is 0.305 e. The SMILES string of the molecule is Cc1ccc2c(c1C=CC(O)CC(O)CC(=O)O)C(O)C[C@H](C)C2. The van der Waals surface area contributed by atoms with Crippen LogP contribution in [0.4, 0.5) is 0 Å². The highest BCUT2D eigenvalue weighted by Crippen LogP contribution is 2.37. The molecule has 5 nitrogen and oxygen atoms in total. The summed E-state index contributed by atoms with van der Waals surface area (Å²) in [6.45, 7) is 4.07. The Morgan fingerprint density at radius 3 is 2.75 bits per heavy atom. The van der Waals surface area contributed by atoms with Crippen molar-refractivity contribution in [1.82, 2.24) is 0 Å². The van der Waals surface area contributed by atoms with Crippen LogP contribution < -0.4 is 0 Å². The van der Waals surface area contributed by atoms with Gasteiger partial charge in [-0.25, -0.2) is 0 Å². The van der Waals surface area contributed by atoms with Crippen molar-refractivity contribution in [3.05, 3.63) is 40.5 Å². The number of aryl methyl sites for hydroxylation is 1. The molecule has 0 saturated carbocycles. The lowest BCUT2D eigenvalue weighted by molar-refractivity contribution is -0.139. The fourth-order valence-corrected chi connectivity index (χ4v) is 3.39. The van der Waals surface area contributed by atoms with Gasteiger partial charge in [0.2, 0.25) is 0 Å². The molecule has 5 heteroatoms. The molecule has 3 unspecified atom stereocenters. The van der Waals surface area contributed by atoms with Crippen molar-refractivity contribution in [3.8, 4) is 0 Å². The molecule has 0 aliphatic heterocycles. The van der Waals surface area contributed by atoms with Gasteiger partial charge in [0.1, 0.15) is 0 Å². The van der Waals surface area contributed by atoms with Gasteiger partial charge in [0.15, 0.2) is 0 Å². The second-order valence-corrected chi connectivity index (χ2v) is 6.84. The molecule has 2 rings (SSSR count). The monoisotopic (exact) mass is 334 g/mol. The third-order valence-corrected chi connectivity index (χ3v) is 4.53. The number of carboxylic acids is 1. The Morgan fingerprint density at radius 1 is 1.38 bits per heavy atom. The summed E-state index contributed by atoms with van der Waals surface area (Å²) in [4.78, 5) is 10.6. The molecule has 1 aliphatic rings. The van der Waals surface area contributed by atoms with Gasteiger partial charge in [-0.15, -0.1) is 0 Å². The molecule has 0 fully saturated rings. The quantitative estimate of drug-likeness (QED) is 0.639. The molecule has 4 N–H and O–H groups in total. The van der Waals surface area contributed by atoms with Crippen LogP contribution in [0.25, 0.3) is 6.08 Å². The molecule has 24 heavy (non-hydrogen) atoms. The summed E-state index contributed by atoms with van der Waals surface area (Å²) >= 11 is 0. The Labute approximate surface area is 142 Å². The van der Waals surface area contributed by atoms with Crippen molar-refractivity contribution >= 4 is 12.0 Å². The lowest BCUT2D eigenvalue weighted by atomic mass is 9.79. The van der Waals surface area contributed by atoms with E-state index in [1.807, 2.05) is 19.1 Å². The topological polar surface area (TPSA) is 98.0 Å². The Bertz CT molecular complexity index is 622. The first-order valence-corrected chi connectivity index (χ1v) is 8.34. The van der Waals surface area contributed by atoms with Gasteiger partial charge in [-0.1, -0.05) is 31.2 Å². The average molecular weight is 334 g/mol. The van der Waals surface area contributed by atoms with Crippen molar-refractivity contribution in [2.45, 2.75) is 57.8 Å². The molecule has 0 bridgehead atoms. The van der Waals surface area contributed by atoms with Gasteiger partial charge in [-0.05, 0) is 47.9 Å². The van der Waals surface area contributed by atoms with E-state index in [4.69, 9.17) is 5.11 Å². The second kappa shape index (κ2) is 7.92. The largest absolute Gasteiger partial charge is 0.481 e. The van der Waals surface area contributed by atoms with Crippen molar-refractivity contribution in [2.75, 3.05) is 0 Å². The number of aliphatic hydroxyl groups is 3. The highest BCUT2D eigenvalue weighted by atomic mass is 16.4. The average Bonchev–Trinajstić information content (AvgIpc) is 2.45. The lowest BCUT2D eigenvalue weighted by Crippen LogP contribution is -2.19. The maximum atomic E-state index is 10.6. The molecule has 1 aromatic rings. The van der Waals surface area contributed by atoms with E-state index < -0.39 is 24.3 Å². The number of hydrogen-bond donors (Lipinski definition) is 4. The van der Waals surface area contributed by atoms with Crippen molar-refractivity contribution in [2.24, 2.45) is 5.92 Å². The van der Waals surface area contributed by atoms with E-state index in [2.05, 4.69) is 6.92 Å². The predicted octanol–water partition coefficient (Wildman–Crippen LogP) is 2.21. The van der Waals surface area contributed by atoms with Gasteiger partial charge in [0.25, 0.3) is 0 Å². The van der Waals surface area contributed by atoms with E-state index in [1.54, 1.807) is 12.2 Å². The van der Waals surface area contributed by atoms with E-state index in [1.165, 1.54) is 0 Å². The third-order valence-electron chi connectivity index (χ3n) is 4.53. The molecule has 1 aromatic carbocycles. The van der Waals surface area contributed by atoms with Gasteiger partial charge in [-0.3, -0.25) is 4.79 Å². The molecule has 0 spiro atoms. The van der Waals surface area contributed by atoms with E-state index in [9.17, 15) is 20.1 Å². The second-order valence-electron chi connectivity index (χ2n) is 6.84. The summed E-state index contributed by atoms with van der Waals surface area (Å²) in [5, 5.41) is 38.7. The van der Waals surface area contributed by atoms with Crippen molar-refractivity contribution in [3.63, 3.8) is 0 Å². The van der Waals surface area contributed by atoms with Gasteiger partial charge in [0.05, 0.1) is 24.7 Å². The molecule has 1 aliphatic carbocycles. The van der Waals surface area contributed by atoms with Crippen LogP contribution in [0.2, 0.25) is 0 Å². The zero-order valence-electron chi connectivity index (χ0n) is 14.1. The van der Waals surface area contributed by atoms with E-state index in [0.717, 1.165) is 35.1 Å². The Morgan fingerprint density at radius 2 is 2.08 bits per heavy atom. The molecular weight excluding hydrogens is 308 g/mol. The van der Waals surface area contributed by atoms with Crippen molar-refractivity contribution < 1.29 is 25.2 Å². The normalized spacial score (nSPS) is 23.0. The summed E-state index contributed by atoms with van der Waals surface area (Å²) in [5.41, 5.74) is 3.96. The standard InChI is InChI=1S/C19H26O5/c1-11-7-13-4-3-12(2)16(19(13)17(22)8-11)6-5-14(20)9-15(21)10-18(23)24/h3-6,11,14-15,17,20-22H,7-10H2,1-2H3,(H,23,24)/t11-,14?,15?,17?/m1/s1. The summed E-state index contributed by atoms with van der Waals surface area (Å²) in [6.07, 6.45) is 2.01. The van der Waals surface area contributed by atoms with E-state index in [-0.39, 0.29) is 12.8 Å². The van der Waals surface area contributed by atoms with Crippen LogP contribution in [0, 0.1) is 12.8 Å². The fraction of sp³-hybridized carbons (Fsp3) is 0.526. The maximum absolute atomic E-state index is 10.6. The highest BCUT2D eigenvalue weighted by molar-refractivity contribution is 5.67. The molecule has 0 aromatic heterocycles. The molecule has 4 atom stereocenters. The van der Waals surface area contributed by atoms with Crippen LogP contribution in [0.1, 0.15) is 54.5 Å². The summed E-state index contributed by atoms with van der Waals surface area (Å²) in [6, 6.07) is 4.06. The fourth-order valence-electron chi connectivity index (χ4n) is 3.39. The van der Waals surface area contributed by atoms with Crippen LogP contribution in [-0.4, -0.2) is 38.6 Å². The molecule has 0 amide bonds. The van der Waals surface area contributed by atoms with Crippen LogP contribution in [0.15, 0.2) is 18.2 Å². The Kier molecular flexibility index (Phi) is 6.15. The predicted molar refractivity (Wildman–Crippen MR) is 91.5 cm³/mol. The molecule has 132 valence electrons. The number of hydrogen-bond acceptors (Lipinski definition) is 4. The number of fused-ring (bicyclic) bond motifs is 1. The molecule has 0 saturated heterocycles. The Hall–Kier alpha value is -1.69. The molecule has 0 radical (unpaired) electrons. The van der Waals surface area contributed by atoms with E-state index in [0.29, 0.717) is 5.92 Å². The highest BCUT2D eigenvalue weighted by Gasteiger charge is 2.25. The number of rotatable bonds is 6. The Balaban J connectivity index is 2.17. The smallest absolute Gasteiger partial charge is 0.305 e. The minimum absolute atomic E-state index is 0.0313. The van der Waals surface area contributed by atoms with Crippen LogP contribution in [0.3, 0.4) is 0 Å². The summed E-state index contributed by atoms with van der Waals surface area (Å²) in [7, 11) is 0. The number of carbonyl (C=O) groups is 1. The van der Waals surface area contributed by atoms with Gasteiger partial charge < -0.3 is 20.4 Å². The van der Waals surface area contributed by atoms with Gasteiger partial charge in [-0.2, -0.15) is 0 Å². The molecule has 0 heterocycles. The van der Waals surface area contributed by atoms with Crippen LogP contribution >= 0.6 is 0 Å². The van der Waals surface area contributed by atoms with Crippen LogP contribution in [0.5, 0.6) is 0 Å². The first kappa shape index (κ1) is 18.6. The van der Waals surface area contributed by atoms with Gasteiger partial charge >= 0.3 is 5.97 Å². The minimum atomic E-state index is -1.09. The zero-order chi connectivity index (χ0) is 17.9. The third kappa shape index (κ3) is 4.66. The first-order chi connectivity index (χ1) is 11.3. The zero-order valence-corrected chi connectivity index (χ0v) is 14.1.